The van der Waals surface area contributed by atoms with Gasteiger partial charge in [-0.1, -0.05) is 17.8 Å². The number of aliphatic imine (C=N–C) groups is 1. The van der Waals surface area contributed by atoms with Crippen molar-refractivity contribution in [3.8, 4) is 17.8 Å². The second kappa shape index (κ2) is 7.70. The van der Waals surface area contributed by atoms with Crippen molar-refractivity contribution in [2.45, 2.75) is 6.18 Å². The smallest absolute Gasteiger partial charge is 0.433 e. The van der Waals surface area contributed by atoms with Crippen LogP contribution >= 0.6 is 11.8 Å². The molecule has 1 heterocycles. The maximum atomic E-state index is 12.6. The first-order valence-corrected chi connectivity index (χ1v) is 7.75. The molecule has 9 heteroatoms. The number of ether oxygens (including phenoxy) is 1. The average Bonchev–Trinajstić information content (AvgIpc) is 2.55. The minimum atomic E-state index is -4.53. The Balaban J connectivity index is 2.14. The number of halogens is 3. The van der Waals surface area contributed by atoms with Crippen LogP contribution in [0.25, 0.3) is 0 Å². The van der Waals surface area contributed by atoms with Gasteiger partial charge in [-0.15, -0.1) is 0 Å². The highest BCUT2D eigenvalue weighted by Crippen LogP contribution is 2.30. The summed E-state index contributed by atoms with van der Waals surface area (Å²) in [7, 11) is 0. The van der Waals surface area contributed by atoms with Gasteiger partial charge in [0.15, 0.2) is 11.4 Å². The summed E-state index contributed by atoms with van der Waals surface area (Å²) in [4.78, 5) is 7.61. The van der Waals surface area contributed by atoms with Crippen LogP contribution in [0.5, 0.6) is 11.6 Å². The molecule has 24 heavy (non-hydrogen) atoms. The fourth-order valence-electron chi connectivity index (χ4n) is 1.63. The van der Waals surface area contributed by atoms with Gasteiger partial charge in [0.05, 0.1) is 5.69 Å². The highest BCUT2D eigenvalue weighted by Gasteiger charge is 2.32. The van der Waals surface area contributed by atoms with Crippen LogP contribution < -0.4 is 10.1 Å². The monoisotopic (exact) mass is 352 g/mol. The SMILES string of the molecule is CSC(=Nc1ccc(Oc2cccc(C(F)(F)F)n2)cc1)NC#N. The minimum Gasteiger partial charge on any atom is -0.439 e. The van der Waals surface area contributed by atoms with E-state index in [1.165, 1.54) is 23.9 Å². The van der Waals surface area contributed by atoms with Gasteiger partial charge in [-0.2, -0.15) is 18.4 Å². The van der Waals surface area contributed by atoms with Crippen molar-refractivity contribution in [3.05, 3.63) is 48.2 Å². The van der Waals surface area contributed by atoms with Gasteiger partial charge in [0.25, 0.3) is 0 Å². The van der Waals surface area contributed by atoms with E-state index >= 15 is 0 Å². The molecule has 1 aromatic heterocycles. The number of aromatic nitrogens is 1. The number of alkyl halides is 3. The standard InChI is InChI=1S/C15H11F3N4OS/c1-24-14(20-9-19)21-10-5-7-11(8-6-10)23-13-4-2-3-12(22-13)15(16,17)18/h2-8H,1H3,(H,20,21). The molecule has 0 aliphatic heterocycles. The van der Waals surface area contributed by atoms with Crippen molar-refractivity contribution >= 4 is 22.6 Å². The summed E-state index contributed by atoms with van der Waals surface area (Å²) in [6.45, 7) is 0. The molecular formula is C15H11F3N4OS. The molecule has 1 N–H and O–H groups in total. The molecule has 0 atom stereocenters. The highest BCUT2D eigenvalue weighted by molar-refractivity contribution is 8.13. The summed E-state index contributed by atoms with van der Waals surface area (Å²) in [5, 5.41) is 11.4. The number of benzene rings is 1. The largest absolute Gasteiger partial charge is 0.439 e. The number of thioether (sulfide) groups is 1. The van der Waals surface area contributed by atoms with E-state index in [-0.39, 0.29) is 5.88 Å². The summed E-state index contributed by atoms with van der Waals surface area (Å²) in [6.07, 6.45) is -0.990. The number of hydrogen-bond acceptors (Lipinski definition) is 5. The highest BCUT2D eigenvalue weighted by atomic mass is 32.2. The van der Waals surface area contributed by atoms with E-state index in [0.29, 0.717) is 16.6 Å². The Hall–Kier alpha value is -2.73. The zero-order chi connectivity index (χ0) is 17.6. The summed E-state index contributed by atoms with van der Waals surface area (Å²) >= 11 is 1.27. The predicted octanol–water partition coefficient (Wildman–Crippen LogP) is 4.31. The topological polar surface area (TPSA) is 70.3 Å². The van der Waals surface area contributed by atoms with E-state index in [2.05, 4.69) is 15.3 Å². The lowest BCUT2D eigenvalue weighted by atomic mass is 10.3. The van der Waals surface area contributed by atoms with Crippen molar-refractivity contribution < 1.29 is 17.9 Å². The fourth-order valence-corrected chi connectivity index (χ4v) is 1.97. The molecular weight excluding hydrogens is 341 g/mol. The molecule has 0 fully saturated rings. The van der Waals surface area contributed by atoms with Gasteiger partial charge in [0.2, 0.25) is 5.88 Å². The molecule has 2 aromatic rings. The van der Waals surface area contributed by atoms with Gasteiger partial charge < -0.3 is 4.74 Å². The van der Waals surface area contributed by atoms with E-state index in [1.807, 2.05) is 0 Å². The molecule has 0 aliphatic rings. The molecule has 1 aromatic carbocycles. The van der Waals surface area contributed by atoms with E-state index in [0.717, 1.165) is 6.07 Å². The van der Waals surface area contributed by atoms with E-state index < -0.39 is 11.9 Å². The number of nitrogens with one attached hydrogen (secondary N) is 1. The zero-order valence-corrected chi connectivity index (χ0v) is 13.1. The molecule has 5 nitrogen and oxygen atoms in total. The fraction of sp³-hybridized carbons (Fsp3) is 0.133. The molecule has 124 valence electrons. The van der Waals surface area contributed by atoms with Crippen molar-refractivity contribution in [2.75, 3.05) is 6.26 Å². The van der Waals surface area contributed by atoms with Gasteiger partial charge in [-0.25, -0.2) is 9.98 Å². The normalized spacial score (nSPS) is 11.7. The number of hydrogen-bond donors (Lipinski definition) is 1. The van der Waals surface area contributed by atoms with Gasteiger partial charge in [-0.05, 0) is 36.6 Å². The van der Waals surface area contributed by atoms with E-state index in [9.17, 15) is 13.2 Å². The van der Waals surface area contributed by atoms with Crippen LogP contribution in [-0.4, -0.2) is 16.4 Å². The summed E-state index contributed by atoms with van der Waals surface area (Å²) in [6, 6.07) is 9.75. The third-order valence-electron chi connectivity index (χ3n) is 2.66. The van der Waals surface area contributed by atoms with E-state index in [4.69, 9.17) is 10.00 Å². The Kier molecular flexibility index (Phi) is 5.65. The maximum absolute atomic E-state index is 12.6. The number of nitrogens with zero attached hydrogens (tertiary/aromatic N) is 3. The minimum absolute atomic E-state index is 0.156. The lowest BCUT2D eigenvalue weighted by Crippen LogP contribution is -2.12. The van der Waals surface area contributed by atoms with Crippen LogP contribution in [0.4, 0.5) is 18.9 Å². The van der Waals surface area contributed by atoms with Gasteiger partial charge >= 0.3 is 6.18 Å². The quantitative estimate of drug-likeness (QED) is 0.386. The Morgan fingerprint density at radius 2 is 1.96 bits per heavy atom. The number of nitriles is 1. The summed E-state index contributed by atoms with van der Waals surface area (Å²) in [5.74, 6) is 0.164. The Bertz CT molecular complexity index is 770. The first-order valence-electron chi connectivity index (χ1n) is 6.52. The van der Waals surface area contributed by atoms with Gasteiger partial charge in [0, 0.05) is 6.07 Å². The third kappa shape index (κ3) is 4.89. The predicted molar refractivity (Wildman–Crippen MR) is 85.1 cm³/mol. The average molecular weight is 352 g/mol. The molecule has 0 aliphatic carbocycles. The Labute approximate surface area is 140 Å². The molecule has 2 rings (SSSR count). The summed E-state index contributed by atoms with van der Waals surface area (Å²) in [5.41, 5.74) is -0.458. The lowest BCUT2D eigenvalue weighted by Gasteiger charge is -2.09. The van der Waals surface area contributed by atoms with E-state index in [1.54, 1.807) is 36.7 Å². The molecule has 0 spiro atoms. The number of pyridine rings is 1. The number of rotatable bonds is 3. The summed E-state index contributed by atoms with van der Waals surface area (Å²) < 4.78 is 43.2. The molecule has 0 amide bonds. The lowest BCUT2D eigenvalue weighted by molar-refractivity contribution is -0.141. The molecule has 0 radical (unpaired) electrons. The maximum Gasteiger partial charge on any atom is 0.433 e. The van der Waals surface area contributed by atoms with Crippen molar-refractivity contribution in [1.82, 2.24) is 10.3 Å². The molecule has 0 bridgehead atoms. The van der Waals surface area contributed by atoms with Crippen LogP contribution in [0, 0.1) is 11.5 Å². The van der Waals surface area contributed by atoms with Crippen molar-refractivity contribution in [2.24, 2.45) is 4.99 Å². The molecule has 0 saturated heterocycles. The van der Waals surface area contributed by atoms with Gasteiger partial charge in [0.1, 0.15) is 11.4 Å². The Morgan fingerprint density at radius 1 is 1.25 bits per heavy atom. The third-order valence-corrected chi connectivity index (χ3v) is 3.24. The van der Waals surface area contributed by atoms with Crippen molar-refractivity contribution in [1.29, 1.82) is 5.26 Å². The van der Waals surface area contributed by atoms with Crippen LogP contribution in [0.3, 0.4) is 0 Å². The van der Waals surface area contributed by atoms with Crippen LogP contribution in [0.1, 0.15) is 5.69 Å². The second-order valence-electron chi connectivity index (χ2n) is 4.31. The zero-order valence-electron chi connectivity index (χ0n) is 12.3. The Morgan fingerprint density at radius 3 is 2.54 bits per heavy atom. The first kappa shape index (κ1) is 17.6. The van der Waals surface area contributed by atoms with Crippen LogP contribution in [0.2, 0.25) is 0 Å². The van der Waals surface area contributed by atoms with Crippen LogP contribution in [-0.2, 0) is 6.18 Å². The molecule has 0 unspecified atom stereocenters. The van der Waals surface area contributed by atoms with Crippen LogP contribution in [0.15, 0.2) is 47.5 Å². The van der Waals surface area contributed by atoms with Gasteiger partial charge in [-0.3, -0.25) is 5.32 Å². The second-order valence-corrected chi connectivity index (χ2v) is 5.11. The molecule has 0 saturated carbocycles. The first-order chi connectivity index (χ1) is 11.4. The number of amidine groups is 1. The van der Waals surface area contributed by atoms with Crippen molar-refractivity contribution in [3.63, 3.8) is 0 Å².